The van der Waals surface area contributed by atoms with Crippen molar-refractivity contribution in [2.45, 2.75) is 12.7 Å². The van der Waals surface area contributed by atoms with Gasteiger partial charge in [0.15, 0.2) is 11.6 Å². The van der Waals surface area contributed by atoms with E-state index in [4.69, 9.17) is 4.74 Å². The van der Waals surface area contributed by atoms with Gasteiger partial charge in [-0.05, 0) is 36.2 Å². The number of carbonyl (C=O) groups is 1. The van der Waals surface area contributed by atoms with Gasteiger partial charge >= 0.3 is 0 Å². The average molecular weight is 319 g/mol. The number of nitrogens with one attached hydrogen (secondary N) is 1. The zero-order chi connectivity index (χ0) is 15.9. The highest BCUT2D eigenvalue weighted by atomic mass is 32.2. The molecule has 0 aliphatic heterocycles. The van der Waals surface area contributed by atoms with Gasteiger partial charge in [-0.25, -0.2) is 4.39 Å². The van der Waals surface area contributed by atoms with E-state index in [-0.39, 0.29) is 17.5 Å². The number of anilines is 1. The molecule has 22 heavy (non-hydrogen) atoms. The van der Waals surface area contributed by atoms with Crippen LogP contribution in [0, 0.1) is 12.7 Å². The molecule has 0 radical (unpaired) electrons. The fraction of sp³-hybridized carbons (Fsp3) is 0.235. The topological polar surface area (TPSA) is 38.3 Å². The zero-order valence-electron chi connectivity index (χ0n) is 12.6. The number of methoxy groups -OCH3 is 1. The second-order valence-corrected chi connectivity index (χ2v) is 5.81. The number of benzene rings is 2. The van der Waals surface area contributed by atoms with Crippen LogP contribution in [0.1, 0.15) is 11.1 Å². The molecule has 0 aliphatic carbocycles. The molecule has 2 aromatic rings. The third-order valence-electron chi connectivity index (χ3n) is 3.14. The number of ether oxygens (including phenoxy) is 1. The summed E-state index contributed by atoms with van der Waals surface area (Å²) in [6, 6.07) is 12.5. The Labute approximate surface area is 133 Å². The van der Waals surface area contributed by atoms with Crippen molar-refractivity contribution in [3.63, 3.8) is 0 Å². The number of carbonyl (C=O) groups excluding carboxylic acids is 1. The summed E-state index contributed by atoms with van der Waals surface area (Å²) < 4.78 is 18.4. The molecule has 0 fully saturated rings. The number of aryl methyl sites for hydroxylation is 1. The minimum absolute atomic E-state index is 0.0618. The molecule has 0 atom stereocenters. The molecule has 1 amide bonds. The van der Waals surface area contributed by atoms with Crippen LogP contribution in [0.15, 0.2) is 42.5 Å². The fourth-order valence-corrected chi connectivity index (χ4v) is 2.74. The van der Waals surface area contributed by atoms with Crippen LogP contribution >= 0.6 is 11.8 Å². The number of thioether (sulfide) groups is 1. The van der Waals surface area contributed by atoms with Gasteiger partial charge in [-0.2, -0.15) is 0 Å². The molecule has 3 nitrogen and oxygen atoms in total. The van der Waals surface area contributed by atoms with Gasteiger partial charge in [0.05, 0.1) is 12.9 Å². The summed E-state index contributed by atoms with van der Waals surface area (Å²) in [5.74, 6) is 0.675. The molecule has 0 saturated carbocycles. The van der Waals surface area contributed by atoms with Crippen LogP contribution < -0.4 is 10.1 Å². The maximum atomic E-state index is 13.6. The number of hydrogen-bond donors (Lipinski definition) is 1. The Morgan fingerprint density at radius 1 is 1.27 bits per heavy atom. The minimum atomic E-state index is -0.384. The van der Waals surface area contributed by atoms with Crippen molar-refractivity contribution in [2.75, 3.05) is 18.2 Å². The molecule has 116 valence electrons. The molecular weight excluding hydrogens is 301 g/mol. The first-order valence-electron chi connectivity index (χ1n) is 6.86. The summed E-state index contributed by atoms with van der Waals surface area (Å²) in [5.41, 5.74) is 2.67. The van der Waals surface area contributed by atoms with Crippen molar-refractivity contribution in [3.8, 4) is 5.75 Å². The number of hydrogen-bond acceptors (Lipinski definition) is 3. The molecule has 0 bridgehead atoms. The second-order valence-electron chi connectivity index (χ2n) is 4.82. The minimum Gasteiger partial charge on any atom is -0.494 e. The smallest absolute Gasteiger partial charge is 0.234 e. The average Bonchev–Trinajstić information content (AvgIpc) is 2.50. The van der Waals surface area contributed by atoms with Gasteiger partial charge in [0, 0.05) is 11.4 Å². The first-order valence-corrected chi connectivity index (χ1v) is 8.01. The first-order chi connectivity index (χ1) is 10.6. The Balaban J connectivity index is 1.82. The summed E-state index contributed by atoms with van der Waals surface area (Å²) in [7, 11) is 1.43. The normalized spacial score (nSPS) is 10.3. The Hall–Kier alpha value is -2.01. The Morgan fingerprint density at radius 2 is 2.05 bits per heavy atom. The number of rotatable bonds is 6. The SMILES string of the molecule is COc1ccc(CSCC(=O)Nc2ccccc2C)cc1F. The van der Waals surface area contributed by atoms with Crippen molar-refractivity contribution in [3.05, 3.63) is 59.4 Å². The maximum absolute atomic E-state index is 13.6. The van der Waals surface area contributed by atoms with Crippen LogP contribution in [-0.2, 0) is 10.5 Å². The molecule has 0 aromatic heterocycles. The summed E-state index contributed by atoms with van der Waals surface area (Å²) in [4.78, 5) is 11.9. The molecule has 1 N–H and O–H groups in total. The van der Waals surface area contributed by atoms with Crippen LogP contribution in [-0.4, -0.2) is 18.8 Å². The van der Waals surface area contributed by atoms with E-state index in [0.717, 1.165) is 16.8 Å². The van der Waals surface area contributed by atoms with Gasteiger partial charge in [-0.1, -0.05) is 24.3 Å². The third kappa shape index (κ3) is 4.49. The van der Waals surface area contributed by atoms with Crippen LogP contribution in [0.5, 0.6) is 5.75 Å². The molecule has 5 heteroatoms. The molecular formula is C17H18FNO2S. The summed E-state index contributed by atoms with van der Waals surface area (Å²) in [5, 5.41) is 2.87. The lowest BCUT2D eigenvalue weighted by atomic mass is 10.2. The molecule has 0 saturated heterocycles. The number of halogens is 1. The molecule has 0 unspecified atom stereocenters. The van der Waals surface area contributed by atoms with E-state index >= 15 is 0 Å². The highest BCUT2D eigenvalue weighted by Crippen LogP contribution is 2.21. The maximum Gasteiger partial charge on any atom is 0.234 e. The van der Waals surface area contributed by atoms with E-state index in [1.807, 2.05) is 31.2 Å². The molecule has 0 spiro atoms. The molecule has 2 aromatic carbocycles. The second kappa shape index (κ2) is 7.84. The third-order valence-corrected chi connectivity index (χ3v) is 4.14. The monoisotopic (exact) mass is 319 g/mol. The predicted molar refractivity (Wildman–Crippen MR) is 88.9 cm³/mol. The van der Waals surface area contributed by atoms with E-state index in [2.05, 4.69) is 5.32 Å². The largest absolute Gasteiger partial charge is 0.494 e. The van der Waals surface area contributed by atoms with E-state index in [0.29, 0.717) is 11.5 Å². The molecule has 0 aliphatic rings. The Morgan fingerprint density at radius 3 is 2.73 bits per heavy atom. The van der Waals surface area contributed by atoms with Gasteiger partial charge in [0.2, 0.25) is 5.91 Å². The van der Waals surface area contributed by atoms with Gasteiger partial charge < -0.3 is 10.1 Å². The van der Waals surface area contributed by atoms with E-state index < -0.39 is 0 Å². The molecule has 2 rings (SSSR count). The van der Waals surface area contributed by atoms with Crippen molar-refractivity contribution in [1.82, 2.24) is 0 Å². The fourth-order valence-electron chi connectivity index (χ4n) is 1.96. The van der Waals surface area contributed by atoms with Crippen molar-refractivity contribution < 1.29 is 13.9 Å². The van der Waals surface area contributed by atoms with Crippen molar-refractivity contribution in [1.29, 1.82) is 0 Å². The van der Waals surface area contributed by atoms with E-state index in [1.165, 1.54) is 24.9 Å². The van der Waals surface area contributed by atoms with Gasteiger partial charge in [-0.15, -0.1) is 11.8 Å². The standard InChI is InChI=1S/C17H18FNO2S/c1-12-5-3-4-6-15(12)19-17(20)11-22-10-13-7-8-16(21-2)14(18)9-13/h3-9H,10-11H2,1-2H3,(H,19,20). The van der Waals surface area contributed by atoms with Gasteiger partial charge in [0.1, 0.15) is 0 Å². The quantitative estimate of drug-likeness (QED) is 0.874. The lowest BCUT2D eigenvalue weighted by Crippen LogP contribution is -2.14. The van der Waals surface area contributed by atoms with E-state index in [9.17, 15) is 9.18 Å². The highest BCUT2D eigenvalue weighted by Gasteiger charge is 2.07. The summed E-state index contributed by atoms with van der Waals surface area (Å²) >= 11 is 1.44. The molecule has 0 heterocycles. The van der Waals surface area contributed by atoms with Crippen LogP contribution in [0.25, 0.3) is 0 Å². The van der Waals surface area contributed by atoms with Crippen LogP contribution in [0.2, 0.25) is 0 Å². The first kappa shape index (κ1) is 16.4. The van der Waals surface area contributed by atoms with Gasteiger partial charge in [-0.3, -0.25) is 4.79 Å². The lowest BCUT2D eigenvalue weighted by Gasteiger charge is -2.08. The summed E-state index contributed by atoms with van der Waals surface area (Å²) in [6.07, 6.45) is 0. The van der Waals surface area contributed by atoms with Crippen LogP contribution in [0.4, 0.5) is 10.1 Å². The number of amides is 1. The lowest BCUT2D eigenvalue weighted by molar-refractivity contribution is -0.113. The van der Waals surface area contributed by atoms with E-state index in [1.54, 1.807) is 12.1 Å². The van der Waals surface area contributed by atoms with Crippen LogP contribution in [0.3, 0.4) is 0 Å². The Bertz CT molecular complexity index is 661. The zero-order valence-corrected chi connectivity index (χ0v) is 13.4. The Kier molecular flexibility index (Phi) is 5.83. The van der Waals surface area contributed by atoms with Gasteiger partial charge in [0.25, 0.3) is 0 Å². The van der Waals surface area contributed by atoms with Crippen molar-refractivity contribution >= 4 is 23.4 Å². The van der Waals surface area contributed by atoms with Crippen molar-refractivity contribution in [2.24, 2.45) is 0 Å². The summed E-state index contributed by atoms with van der Waals surface area (Å²) in [6.45, 7) is 1.95. The highest BCUT2D eigenvalue weighted by molar-refractivity contribution is 7.99. The number of para-hydroxylation sites is 1. The predicted octanol–water partition coefficient (Wildman–Crippen LogP) is 4.01.